The molecular weight excluding hydrogens is 272 g/mol. The number of aromatic amines is 2. The van der Waals surface area contributed by atoms with Crippen LogP contribution in [0.5, 0.6) is 0 Å². The van der Waals surface area contributed by atoms with Crippen molar-refractivity contribution < 1.29 is 5.11 Å². The molecule has 1 saturated carbocycles. The van der Waals surface area contributed by atoms with E-state index in [1.165, 1.54) is 0 Å². The van der Waals surface area contributed by atoms with E-state index >= 15 is 0 Å². The van der Waals surface area contributed by atoms with Gasteiger partial charge in [0.1, 0.15) is 0 Å². The number of fused-ring (bicyclic) bond motifs is 1. The van der Waals surface area contributed by atoms with Crippen molar-refractivity contribution in [3.05, 3.63) is 32.7 Å². The lowest BCUT2D eigenvalue weighted by molar-refractivity contribution is 0.153. The van der Waals surface area contributed by atoms with Crippen LogP contribution in [0, 0.1) is 5.92 Å². The smallest absolute Gasteiger partial charge is 0.323 e. The molecule has 5 heteroatoms. The molecule has 1 aliphatic rings. The predicted molar refractivity (Wildman–Crippen MR) is 64.3 cm³/mol. The maximum absolute atomic E-state index is 11.1. The average Bonchev–Trinajstić information content (AvgIpc) is 3.00. The lowest BCUT2D eigenvalue weighted by Gasteiger charge is -2.11. The van der Waals surface area contributed by atoms with Gasteiger partial charge in [-0.25, -0.2) is 4.79 Å². The summed E-state index contributed by atoms with van der Waals surface area (Å²) in [5.74, 6) is 0.374. The maximum atomic E-state index is 11.1. The largest absolute Gasteiger partial charge is 0.388 e. The number of aromatic nitrogens is 2. The molecule has 1 aromatic heterocycles. The lowest BCUT2D eigenvalue weighted by Crippen LogP contribution is -2.00. The third-order valence-corrected chi connectivity index (χ3v) is 3.71. The number of aliphatic hydroxyl groups is 1. The molecule has 0 spiro atoms. The number of imidazole rings is 1. The van der Waals surface area contributed by atoms with Gasteiger partial charge >= 0.3 is 5.69 Å². The predicted octanol–water partition coefficient (Wildman–Crippen LogP) is 2.06. The van der Waals surface area contributed by atoms with Crippen molar-refractivity contribution in [2.24, 2.45) is 5.92 Å². The lowest BCUT2D eigenvalue weighted by atomic mass is 10.1. The summed E-state index contributed by atoms with van der Waals surface area (Å²) in [5.41, 5.74) is 2.12. The molecule has 3 N–H and O–H groups in total. The van der Waals surface area contributed by atoms with Crippen LogP contribution >= 0.6 is 15.9 Å². The molecule has 0 radical (unpaired) electrons. The monoisotopic (exact) mass is 282 g/mol. The number of halogens is 1. The number of H-pyrrole nitrogens is 2. The quantitative estimate of drug-likeness (QED) is 0.789. The van der Waals surface area contributed by atoms with Gasteiger partial charge in [-0.1, -0.05) is 15.9 Å². The van der Waals surface area contributed by atoms with E-state index in [0.29, 0.717) is 5.92 Å². The van der Waals surface area contributed by atoms with E-state index in [-0.39, 0.29) is 5.69 Å². The molecule has 16 heavy (non-hydrogen) atoms. The van der Waals surface area contributed by atoms with Crippen LogP contribution in [0.4, 0.5) is 0 Å². The summed E-state index contributed by atoms with van der Waals surface area (Å²) in [4.78, 5) is 16.5. The van der Waals surface area contributed by atoms with Gasteiger partial charge in [-0.15, -0.1) is 0 Å². The highest BCUT2D eigenvalue weighted by molar-refractivity contribution is 9.10. The third kappa shape index (κ3) is 1.60. The first-order chi connectivity index (χ1) is 7.65. The van der Waals surface area contributed by atoms with Crippen LogP contribution in [0.3, 0.4) is 0 Å². The molecule has 1 aromatic carbocycles. The molecule has 2 aromatic rings. The fraction of sp³-hybridized carbons (Fsp3) is 0.364. The third-order valence-electron chi connectivity index (χ3n) is 3.02. The highest BCUT2D eigenvalue weighted by atomic mass is 79.9. The molecule has 3 rings (SSSR count). The van der Waals surface area contributed by atoms with Crippen LogP contribution in [0.15, 0.2) is 21.4 Å². The molecule has 0 aliphatic heterocycles. The Morgan fingerprint density at radius 1 is 1.31 bits per heavy atom. The van der Waals surface area contributed by atoms with E-state index in [1.807, 2.05) is 12.1 Å². The molecule has 1 unspecified atom stereocenters. The molecule has 0 amide bonds. The van der Waals surface area contributed by atoms with Gasteiger partial charge in [0.05, 0.1) is 17.1 Å². The van der Waals surface area contributed by atoms with E-state index < -0.39 is 6.10 Å². The van der Waals surface area contributed by atoms with Crippen molar-refractivity contribution in [2.45, 2.75) is 18.9 Å². The van der Waals surface area contributed by atoms with Gasteiger partial charge in [0, 0.05) is 4.47 Å². The van der Waals surface area contributed by atoms with Crippen molar-refractivity contribution in [3.63, 3.8) is 0 Å². The highest BCUT2D eigenvalue weighted by Crippen LogP contribution is 2.43. The minimum absolute atomic E-state index is 0.222. The second-order valence-electron chi connectivity index (χ2n) is 4.28. The molecule has 0 saturated heterocycles. The first kappa shape index (κ1) is 10.1. The molecule has 1 aliphatic carbocycles. The number of nitrogens with one attached hydrogen (secondary N) is 2. The normalized spacial score (nSPS) is 17.9. The topological polar surface area (TPSA) is 68.9 Å². The number of aliphatic hydroxyl groups excluding tert-OH is 1. The number of benzene rings is 1. The Hall–Kier alpha value is -1.07. The Morgan fingerprint density at radius 3 is 2.56 bits per heavy atom. The molecule has 0 bridgehead atoms. The Morgan fingerprint density at radius 2 is 1.94 bits per heavy atom. The Kier molecular flexibility index (Phi) is 2.19. The second kappa shape index (κ2) is 3.46. The van der Waals surface area contributed by atoms with Crippen LogP contribution in [0.2, 0.25) is 0 Å². The highest BCUT2D eigenvalue weighted by Gasteiger charge is 2.32. The summed E-state index contributed by atoms with van der Waals surface area (Å²) in [6.45, 7) is 0. The minimum Gasteiger partial charge on any atom is -0.388 e. The van der Waals surface area contributed by atoms with E-state index in [0.717, 1.165) is 33.9 Å². The molecule has 1 heterocycles. The van der Waals surface area contributed by atoms with Crippen LogP contribution in [0.25, 0.3) is 11.0 Å². The standard InChI is InChI=1S/C11H11BrN2O2/c12-7-4-9-8(13-11(16)14-9)3-6(7)10(15)5-1-2-5/h3-5,10,15H,1-2H2,(H2,13,14,16). The molecule has 1 atom stereocenters. The molecular formula is C11H11BrN2O2. The molecule has 1 fully saturated rings. The van der Waals surface area contributed by atoms with E-state index in [1.54, 1.807) is 0 Å². The fourth-order valence-corrected chi connectivity index (χ4v) is 2.54. The Labute approximate surface area is 99.8 Å². The van der Waals surface area contributed by atoms with Crippen molar-refractivity contribution in [1.29, 1.82) is 0 Å². The number of hydrogen-bond donors (Lipinski definition) is 3. The average molecular weight is 283 g/mol. The first-order valence-electron chi connectivity index (χ1n) is 5.24. The van der Waals surface area contributed by atoms with Gasteiger partial charge in [-0.3, -0.25) is 0 Å². The first-order valence-corrected chi connectivity index (χ1v) is 6.04. The number of hydrogen-bond acceptors (Lipinski definition) is 2. The van der Waals surface area contributed by atoms with Crippen molar-refractivity contribution >= 4 is 27.0 Å². The van der Waals surface area contributed by atoms with Crippen molar-refractivity contribution in [2.75, 3.05) is 0 Å². The minimum atomic E-state index is -0.433. The van der Waals surface area contributed by atoms with Gasteiger partial charge in [0.15, 0.2) is 0 Å². The van der Waals surface area contributed by atoms with Gasteiger partial charge < -0.3 is 15.1 Å². The molecule has 84 valence electrons. The zero-order valence-electron chi connectivity index (χ0n) is 8.46. The van der Waals surface area contributed by atoms with Crippen molar-refractivity contribution in [1.82, 2.24) is 9.97 Å². The van der Waals surface area contributed by atoms with E-state index in [9.17, 15) is 9.90 Å². The van der Waals surface area contributed by atoms with Crippen LogP contribution in [-0.2, 0) is 0 Å². The van der Waals surface area contributed by atoms with Crippen LogP contribution in [0.1, 0.15) is 24.5 Å². The Balaban J connectivity index is 2.15. The molecule has 4 nitrogen and oxygen atoms in total. The summed E-state index contributed by atoms with van der Waals surface area (Å²) in [7, 11) is 0. The van der Waals surface area contributed by atoms with Gasteiger partial charge in [0.25, 0.3) is 0 Å². The van der Waals surface area contributed by atoms with Gasteiger partial charge in [-0.05, 0) is 36.5 Å². The summed E-state index contributed by atoms with van der Waals surface area (Å²) >= 11 is 3.43. The maximum Gasteiger partial charge on any atom is 0.323 e. The van der Waals surface area contributed by atoms with Crippen molar-refractivity contribution in [3.8, 4) is 0 Å². The summed E-state index contributed by atoms with van der Waals surface area (Å²) in [5, 5.41) is 10.1. The van der Waals surface area contributed by atoms with Crippen LogP contribution in [-0.4, -0.2) is 15.1 Å². The SMILES string of the molecule is O=c1[nH]c2cc(Br)c(C(O)C3CC3)cc2[nH]1. The fourth-order valence-electron chi connectivity index (χ4n) is 1.97. The second-order valence-corrected chi connectivity index (χ2v) is 5.14. The number of rotatable bonds is 2. The van der Waals surface area contributed by atoms with Crippen LogP contribution < -0.4 is 5.69 Å². The van der Waals surface area contributed by atoms with Gasteiger partial charge in [0.2, 0.25) is 0 Å². The summed E-state index contributed by atoms with van der Waals surface area (Å²) in [6, 6.07) is 3.66. The zero-order valence-corrected chi connectivity index (χ0v) is 10.0. The van der Waals surface area contributed by atoms with E-state index in [4.69, 9.17) is 0 Å². The van der Waals surface area contributed by atoms with E-state index in [2.05, 4.69) is 25.9 Å². The Bertz CT molecular complexity index is 598. The summed E-state index contributed by atoms with van der Waals surface area (Å²) < 4.78 is 0.842. The van der Waals surface area contributed by atoms with Gasteiger partial charge in [-0.2, -0.15) is 0 Å². The summed E-state index contributed by atoms with van der Waals surface area (Å²) in [6.07, 6.45) is 1.72. The zero-order chi connectivity index (χ0) is 11.3.